The fourth-order valence-corrected chi connectivity index (χ4v) is 3.69. The zero-order valence-electron chi connectivity index (χ0n) is 17.0. The fraction of sp³-hybridized carbons (Fsp3) is 0.348. The first-order valence-electron chi connectivity index (χ1n) is 10.4. The van der Waals surface area contributed by atoms with E-state index in [1.54, 1.807) is 36.4 Å². The van der Waals surface area contributed by atoms with Crippen LogP contribution in [0.4, 0.5) is 5.69 Å². The van der Waals surface area contributed by atoms with E-state index >= 15 is 0 Å². The van der Waals surface area contributed by atoms with Gasteiger partial charge in [-0.2, -0.15) is 0 Å². The van der Waals surface area contributed by atoms with Crippen LogP contribution in [0.25, 0.3) is 0 Å². The molecule has 2 N–H and O–H groups in total. The van der Waals surface area contributed by atoms with Gasteiger partial charge in [0.05, 0.1) is 16.8 Å². The zero-order chi connectivity index (χ0) is 21.6. The van der Waals surface area contributed by atoms with Gasteiger partial charge in [-0.05, 0) is 43.2 Å². The summed E-state index contributed by atoms with van der Waals surface area (Å²) in [6.45, 7) is 0.380. The first-order valence-corrected chi connectivity index (χ1v) is 10.4. The van der Waals surface area contributed by atoms with Gasteiger partial charge in [-0.25, -0.2) is 4.79 Å². The lowest BCUT2D eigenvalue weighted by Crippen LogP contribution is -2.33. The Morgan fingerprint density at radius 1 is 0.968 bits per heavy atom. The number of benzene rings is 2. The number of ether oxygens (including phenoxy) is 3. The van der Waals surface area contributed by atoms with Crippen molar-refractivity contribution < 1.29 is 28.6 Å². The Morgan fingerprint density at radius 3 is 2.52 bits per heavy atom. The van der Waals surface area contributed by atoms with Crippen molar-refractivity contribution in [3.8, 4) is 11.5 Å². The topological polar surface area (TPSA) is 103 Å². The summed E-state index contributed by atoms with van der Waals surface area (Å²) in [5.41, 5.74) is 1.01. The SMILES string of the molecule is O=C(COC(=O)c1ccc2c(c1)OCCO2)Nc1ccccc1C(=O)NC1CCCC1. The standard InChI is InChI=1S/C23H24N2O6/c26-21(14-31-23(28)15-9-10-19-20(13-15)30-12-11-29-19)25-18-8-4-3-7-17(18)22(27)24-16-5-1-2-6-16/h3-4,7-10,13,16H,1-2,5-6,11-12,14H2,(H,24,27)(H,25,26). The van der Waals surface area contributed by atoms with Crippen LogP contribution in [0.5, 0.6) is 11.5 Å². The molecule has 1 fully saturated rings. The lowest BCUT2D eigenvalue weighted by atomic mass is 10.1. The van der Waals surface area contributed by atoms with Crippen LogP contribution in [0.15, 0.2) is 42.5 Å². The van der Waals surface area contributed by atoms with Crippen molar-refractivity contribution in [1.29, 1.82) is 0 Å². The minimum Gasteiger partial charge on any atom is -0.486 e. The Hall–Kier alpha value is -3.55. The summed E-state index contributed by atoms with van der Waals surface area (Å²) in [6, 6.07) is 11.6. The van der Waals surface area contributed by atoms with E-state index in [1.807, 2.05) is 0 Å². The van der Waals surface area contributed by atoms with Gasteiger partial charge in [0.25, 0.3) is 11.8 Å². The minimum atomic E-state index is -0.653. The molecule has 0 unspecified atom stereocenters. The average Bonchev–Trinajstić information content (AvgIpc) is 3.30. The van der Waals surface area contributed by atoms with Gasteiger partial charge in [-0.15, -0.1) is 0 Å². The highest BCUT2D eigenvalue weighted by molar-refractivity contribution is 6.04. The van der Waals surface area contributed by atoms with Crippen molar-refractivity contribution in [3.63, 3.8) is 0 Å². The highest BCUT2D eigenvalue weighted by Gasteiger charge is 2.21. The van der Waals surface area contributed by atoms with Gasteiger partial charge in [0, 0.05) is 6.04 Å². The maximum absolute atomic E-state index is 12.6. The molecule has 31 heavy (non-hydrogen) atoms. The molecule has 8 nitrogen and oxygen atoms in total. The Balaban J connectivity index is 1.33. The molecule has 8 heteroatoms. The molecule has 2 aliphatic rings. The number of hydrogen-bond donors (Lipinski definition) is 2. The molecule has 0 saturated heterocycles. The molecule has 1 saturated carbocycles. The van der Waals surface area contributed by atoms with Crippen LogP contribution < -0.4 is 20.1 Å². The third kappa shape index (κ3) is 5.14. The number of amides is 2. The first-order chi connectivity index (χ1) is 15.1. The largest absolute Gasteiger partial charge is 0.486 e. The molecule has 1 aliphatic heterocycles. The minimum absolute atomic E-state index is 0.170. The molecule has 0 bridgehead atoms. The summed E-state index contributed by atoms with van der Waals surface area (Å²) < 4.78 is 16.0. The summed E-state index contributed by atoms with van der Waals surface area (Å²) in [7, 11) is 0. The molecule has 2 amide bonds. The van der Waals surface area contributed by atoms with Gasteiger partial charge in [0.2, 0.25) is 0 Å². The van der Waals surface area contributed by atoms with Gasteiger partial charge in [-0.3, -0.25) is 9.59 Å². The van der Waals surface area contributed by atoms with Crippen LogP contribution in [-0.4, -0.2) is 43.6 Å². The average molecular weight is 424 g/mol. The first kappa shape index (κ1) is 20.7. The van der Waals surface area contributed by atoms with Crippen molar-refractivity contribution in [1.82, 2.24) is 5.32 Å². The van der Waals surface area contributed by atoms with Crippen LogP contribution >= 0.6 is 0 Å². The van der Waals surface area contributed by atoms with Gasteiger partial charge in [0.15, 0.2) is 18.1 Å². The molecule has 1 heterocycles. The fourth-order valence-electron chi connectivity index (χ4n) is 3.69. The van der Waals surface area contributed by atoms with E-state index in [0.29, 0.717) is 36.0 Å². The summed E-state index contributed by atoms with van der Waals surface area (Å²) >= 11 is 0. The molecular weight excluding hydrogens is 400 g/mol. The lowest BCUT2D eigenvalue weighted by molar-refractivity contribution is -0.119. The molecule has 0 atom stereocenters. The Kier molecular flexibility index (Phi) is 6.35. The number of rotatable bonds is 6. The van der Waals surface area contributed by atoms with E-state index in [0.717, 1.165) is 25.7 Å². The second-order valence-corrected chi connectivity index (χ2v) is 7.48. The van der Waals surface area contributed by atoms with E-state index in [4.69, 9.17) is 14.2 Å². The monoisotopic (exact) mass is 424 g/mol. The Labute approximate surface area is 179 Å². The second kappa shape index (κ2) is 9.51. The van der Waals surface area contributed by atoms with Crippen molar-refractivity contribution in [2.45, 2.75) is 31.7 Å². The molecule has 4 rings (SSSR count). The number of anilines is 1. The third-order valence-electron chi connectivity index (χ3n) is 5.25. The van der Waals surface area contributed by atoms with E-state index in [9.17, 15) is 14.4 Å². The molecule has 0 spiro atoms. The number of carbonyl (C=O) groups is 3. The van der Waals surface area contributed by atoms with Gasteiger partial charge >= 0.3 is 5.97 Å². The van der Waals surface area contributed by atoms with Crippen molar-refractivity contribution in [2.75, 3.05) is 25.1 Å². The van der Waals surface area contributed by atoms with Crippen LogP contribution in [-0.2, 0) is 9.53 Å². The van der Waals surface area contributed by atoms with Gasteiger partial charge < -0.3 is 24.8 Å². The number of para-hydroxylation sites is 1. The van der Waals surface area contributed by atoms with Crippen LogP contribution in [0.2, 0.25) is 0 Å². The zero-order valence-corrected chi connectivity index (χ0v) is 17.0. The predicted octanol–water partition coefficient (Wildman–Crippen LogP) is 2.93. The lowest BCUT2D eigenvalue weighted by Gasteiger charge is -2.18. The molecule has 2 aromatic carbocycles. The Morgan fingerprint density at radius 2 is 1.71 bits per heavy atom. The summed E-state index contributed by atoms with van der Waals surface area (Å²) in [5, 5.41) is 5.66. The molecule has 0 radical (unpaired) electrons. The van der Waals surface area contributed by atoms with E-state index in [2.05, 4.69) is 10.6 Å². The van der Waals surface area contributed by atoms with E-state index < -0.39 is 18.5 Å². The summed E-state index contributed by atoms with van der Waals surface area (Å²) in [4.78, 5) is 37.2. The molecule has 162 valence electrons. The highest BCUT2D eigenvalue weighted by Crippen LogP contribution is 2.31. The van der Waals surface area contributed by atoms with Gasteiger partial charge in [-0.1, -0.05) is 25.0 Å². The van der Waals surface area contributed by atoms with Crippen molar-refractivity contribution in [2.24, 2.45) is 0 Å². The summed E-state index contributed by atoms with van der Waals surface area (Å²) in [5.74, 6) is -0.386. The van der Waals surface area contributed by atoms with Crippen molar-refractivity contribution >= 4 is 23.5 Å². The summed E-state index contributed by atoms with van der Waals surface area (Å²) in [6.07, 6.45) is 4.16. The van der Waals surface area contributed by atoms with Crippen LogP contribution in [0.3, 0.4) is 0 Å². The molecule has 2 aromatic rings. The number of hydrogen-bond acceptors (Lipinski definition) is 6. The third-order valence-corrected chi connectivity index (χ3v) is 5.25. The van der Waals surface area contributed by atoms with E-state index in [-0.39, 0.29) is 17.5 Å². The number of carbonyl (C=O) groups excluding carboxylic acids is 3. The van der Waals surface area contributed by atoms with Gasteiger partial charge in [0.1, 0.15) is 13.2 Å². The molecular formula is C23H24N2O6. The highest BCUT2D eigenvalue weighted by atomic mass is 16.6. The molecule has 0 aromatic heterocycles. The normalized spacial score (nSPS) is 15.2. The molecule has 1 aliphatic carbocycles. The van der Waals surface area contributed by atoms with Crippen molar-refractivity contribution in [3.05, 3.63) is 53.6 Å². The number of nitrogens with one attached hydrogen (secondary N) is 2. The predicted molar refractivity (Wildman–Crippen MR) is 113 cm³/mol. The number of fused-ring (bicyclic) bond motifs is 1. The maximum atomic E-state index is 12.6. The number of esters is 1. The second-order valence-electron chi connectivity index (χ2n) is 7.48. The quantitative estimate of drug-likeness (QED) is 0.692. The van der Waals surface area contributed by atoms with E-state index in [1.165, 1.54) is 6.07 Å². The maximum Gasteiger partial charge on any atom is 0.338 e. The smallest absolute Gasteiger partial charge is 0.338 e. The van der Waals surface area contributed by atoms with Crippen LogP contribution in [0.1, 0.15) is 46.4 Å². The van der Waals surface area contributed by atoms with Crippen LogP contribution in [0, 0.1) is 0 Å². The Bertz CT molecular complexity index is 984.